The smallest absolute Gasteiger partial charge is 0.458 e. The number of nitrogens with zero attached hydrogens (tertiary/aromatic N) is 4. The zero-order valence-corrected chi connectivity index (χ0v) is 35.8. The largest absolute Gasteiger partial charge is 0.509 e. The monoisotopic (exact) mass is 843 g/mol. The van der Waals surface area contributed by atoms with Crippen molar-refractivity contribution in [1.82, 2.24) is 25.0 Å². The lowest BCUT2D eigenvalue weighted by molar-refractivity contribution is -0.293. The number of aliphatic hydroxyl groups is 1. The number of hydrogen-bond donors (Lipinski definition) is 2. The topological polar surface area (TPSA) is 207 Å². The maximum atomic E-state index is 14.8. The molecule has 0 bridgehead atoms. The summed E-state index contributed by atoms with van der Waals surface area (Å²) >= 11 is 0. The van der Waals surface area contributed by atoms with Crippen molar-refractivity contribution in [2.75, 3.05) is 20.7 Å². The molecule has 60 heavy (non-hydrogen) atoms. The second-order valence-corrected chi connectivity index (χ2v) is 16.8. The molecule has 1 aromatic carbocycles. The van der Waals surface area contributed by atoms with Gasteiger partial charge in [-0.2, -0.15) is 5.10 Å². The van der Waals surface area contributed by atoms with Gasteiger partial charge in [-0.05, 0) is 84.8 Å². The Bertz CT molecular complexity index is 1910. The molecule has 0 spiro atoms. The van der Waals surface area contributed by atoms with Gasteiger partial charge in [-0.15, -0.1) is 0 Å². The highest BCUT2D eigenvalue weighted by Crippen LogP contribution is 2.40. The Morgan fingerprint density at radius 1 is 1.10 bits per heavy atom. The van der Waals surface area contributed by atoms with Gasteiger partial charge in [-0.25, -0.2) is 23.6 Å². The molecule has 18 heteroatoms. The highest BCUT2D eigenvalue weighted by molar-refractivity contribution is 6.00. The minimum absolute atomic E-state index is 0.192. The number of ketones is 2. The maximum Gasteiger partial charge on any atom is 0.509 e. The quantitative estimate of drug-likeness (QED) is 0.204. The molecule has 3 aliphatic heterocycles. The Morgan fingerprint density at radius 2 is 1.82 bits per heavy atom. The van der Waals surface area contributed by atoms with Crippen LogP contribution in [-0.4, -0.2) is 129 Å². The molecule has 0 saturated carbocycles. The summed E-state index contributed by atoms with van der Waals surface area (Å²) in [7, 11) is 3.60. The van der Waals surface area contributed by atoms with Crippen molar-refractivity contribution < 1.29 is 61.9 Å². The van der Waals surface area contributed by atoms with Crippen LogP contribution in [0, 0.1) is 29.5 Å². The van der Waals surface area contributed by atoms with Crippen LogP contribution >= 0.6 is 0 Å². The predicted molar refractivity (Wildman–Crippen MR) is 212 cm³/mol. The summed E-state index contributed by atoms with van der Waals surface area (Å²) in [6.07, 6.45) is -1.31. The summed E-state index contributed by atoms with van der Waals surface area (Å²) < 4.78 is 51.9. The van der Waals surface area contributed by atoms with E-state index in [0.29, 0.717) is 12.0 Å². The minimum Gasteiger partial charge on any atom is -0.458 e. The van der Waals surface area contributed by atoms with Crippen LogP contribution in [0.25, 0.3) is 11.8 Å². The van der Waals surface area contributed by atoms with Gasteiger partial charge in [-0.3, -0.25) is 14.4 Å². The first-order valence-electron chi connectivity index (χ1n) is 20.3. The van der Waals surface area contributed by atoms with Crippen LogP contribution in [-0.2, 0) is 42.8 Å². The fraction of sp³-hybridized carbons (Fsp3) is 0.643. The molecule has 1 amide bonds. The Labute approximate surface area is 349 Å². The zero-order valence-electron chi connectivity index (χ0n) is 35.8. The number of cyclic esters (lactones) is 1. The van der Waals surface area contributed by atoms with E-state index in [9.17, 15) is 33.5 Å². The third kappa shape index (κ3) is 9.88. The van der Waals surface area contributed by atoms with Crippen LogP contribution in [0.4, 0.5) is 14.0 Å². The molecule has 3 aliphatic rings. The fourth-order valence-electron chi connectivity index (χ4n) is 8.75. The van der Waals surface area contributed by atoms with E-state index in [-0.39, 0.29) is 30.9 Å². The van der Waals surface area contributed by atoms with Crippen molar-refractivity contribution >= 4 is 35.9 Å². The van der Waals surface area contributed by atoms with Crippen molar-refractivity contribution in [2.24, 2.45) is 23.7 Å². The van der Waals surface area contributed by atoms with Crippen LogP contribution in [0.1, 0.15) is 80.2 Å². The van der Waals surface area contributed by atoms with Crippen molar-refractivity contribution in [3.63, 3.8) is 0 Å². The van der Waals surface area contributed by atoms with Gasteiger partial charge in [0.15, 0.2) is 17.7 Å². The average molecular weight is 844 g/mol. The number of Topliss-reactive ketones (excluding diaryl/α,β-unsaturated/α-hetero) is 2. The molecule has 2 N–H and O–H groups in total. The number of benzene rings is 1. The summed E-state index contributed by atoms with van der Waals surface area (Å²) in [5.41, 5.74) is -2.68. The number of likely N-dealkylation sites (N-methyl/N-ethyl adjacent to an activating group) is 1. The average Bonchev–Trinajstić information content (AvgIpc) is 3.84. The Balaban J connectivity index is 1.49. The van der Waals surface area contributed by atoms with Crippen LogP contribution in [0.15, 0.2) is 36.9 Å². The van der Waals surface area contributed by atoms with E-state index in [1.807, 2.05) is 11.8 Å². The Morgan fingerprint density at radius 3 is 2.45 bits per heavy atom. The first-order chi connectivity index (χ1) is 28.2. The van der Waals surface area contributed by atoms with Crippen molar-refractivity contribution in [3.8, 4) is 5.69 Å². The molecule has 2 aromatic rings. The summed E-state index contributed by atoms with van der Waals surface area (Å²) in [6, 6.07) is 3.07. The van der Waals surface area contributed by atoms with Gasteiger partial charge in [0.1, 0.15) is 66.4 Å². The molecule has 4 heterocycles. The molecule has 13 atom stereocenters. The number of hydrogen-bond acceptors (Lipinski definition) is 15. The summed E-state index contributed by atoms with van der Waals surface area (Å²) in [6.45, 7) is 12.4. The SMILES string of the molecule is CC[C@H]1OC(=O)[C@H](C)C(=O)[C@H](C)[C@@H](O[C@@H]2O[C@H](C)C[C@H](N(C)C)[C@H]2O)[C@](C)(OC(=O)OC/C=C/c2ccc(-n3cncn3)c(F)c2)C[C@@H](C)C(=O)[C@H](C)[C@H]2NC(=O)O[C@@]21C. The summed E-state index contributed by atoms with van der Waals surface area (Å²) in [4.78, 5) is 74.7. The van der Waals surface area contributed by atoms with Crippen LogP contribution in [0.3, 0.4) is 0 Å². The van der Waals surface area contributed by atoms with Gasteiger partial charge in [0, 0.05) is 23.8 Å². The van der Waals surface area contributed by atoms with Crippen LogP contribution in [0.5, 0.6) is 0 Å². The molecule has 0 unspecified atom stereocenters. The number of rotatable bonds is 9. The molecule has 0 radical (unpaired) electrons. The van der Waals surface area contributed by atoms with Crippen molar-refractivity contribution in [1.29, 1.82) is 0 Å². The molecule has 1 aromatic heterocycles. The Kier molecular flexibility index (Phi) is 14.6. The standard InChI is InChI=1S/C42H58FN5O12/c1-11-31-42(8)35(46-39(53)59-42)24(4)32(49)22(2)19-41(7,60-40(54)55-16-12-13-27-14-15-29(28(43)18-27)48-21-44-20-45-48)36(25(5)33(50)26(6)37(52)57-31)58-38-34(51)30(47(9)10)17-23(3)56-38/h12-15,18,20-26,30-31,34-36,38,51H,11,16-17,19H2,1-10H3,(H,46,53)/b13-12+/t22-,23-,24+,25+,26-,30+,31-,34-,35-,36-,38+,41-,42-/m1/s1. The van der Waals surface area contributed by atoms with E-state index < -0.39 is 107 Å². The van der Waals surface area contributed by atoms with Gasteiger partial charge >= 0.3 is 18.2 Å². The predicted octanol–water partition coefficient (Wildman–Crippen LogP) is 4.42. The van der Waals surface area contributed by atoms with Crippen LogP contribution in [0.2, 0.25) is 0 Å². The number of fused-ring (bicyclic) bond motifs is 1. The number of nitrogens with one attached hydrogen (secondary N) is 1. The number of amides is 1. The van der Waals surface area contributed by atoms with E-state index >= 15 is 0 Å². The minimum atomic E-state index is -1.86. The molecule has 0 aliphatic carbocycles. The second-order valence-electron chi connectivity index (χ2n) is 16.8. The Hall–Kier alpha value is -4.78. The molecular weight excluding hydrogens is 785 g/mol. The lowest BCUT2D eigenvalue weighted by Gasteiger charge is -2.46. The highest BCUT2D eigenvalue weighted by atomic mass is 19.1. The van der Waals surface area contributed by atoms with Crippen LogP contribution < -0.4 is 5.32 Å². The van der Waals surface area contributed by atoms with Gasteiger partial charge in [0.25, 0.3) is 0 Å². The molecule has 330 valence electrons. The van der Waals surface area contributed by atoms with Gasteiger partial charge in [0.2, 0.25) is 0 Å². The number of alkyl carbamates (subject to hydrolysis) is 1. The first-order valence-corrected chi connectivity index (χ1v) is 20.3. The molecule has 3 fully saturated rings. The molecular formula is C42H58FN5O12. The lowest BCUT2D eigenvalue weighted by atomic mass is 9.73. The van der Waals surface area contributed by atoms with E-state index in [1.54, 1.807) is 47.9 Å². The zero-order chi connectivity index (χ0) is 44.3. The third-order valence-corrected chi connectivity index (χ3v) is 12.0. The van der Waals surface area contributed by atoms with E-state index in [0.717, 1.165) is 0 Å². The van der Waals surface area contributed by atoms with Gasteiger partial charge < -0.3 is 43.7 Å². The highest BCUT2D eigenvalue weighted by Gasteiger charge is 2.57. The number of carbonyl (C=O) groups excluding carboxylic acids is 5. The lowest BCUT2D eigenvalue weighted by Crippen LogP contribution is -2.60. The molecule has 17 nitrogen and oxygen atoms in total. The summed E-state index contributed by atoms with van der Waals surface area (Å²) in [5.74, 6) is -6.88. The number of halogens is 1. The normalized spacial score (nSPS) is 35.6. The fourth-order valence-corrected chi connectivity index (χ4v) is 8.75. The van der Waals surface area contributed by atoms with Crippen molar-refractivity contribution in [3.05, 3.63) is 48.3 Å². The van der Waals surface area contributed by atoms with E-state index in [4.69, 9.17) is 28.4 Å². The molecule has 5 rings (SSSR count). The number of ether oxygens (including phenoxy) is 6. The number of carbonyl (C=O) groups is 5. The van der Waals surface area contributed by atoms with Gasteiger partial charge in [0.05, 0.1) is 12.1 Å². The number of aliphatic hydroxyl groups excluding tert-OH is 1. The number of esters is 1. The second kappa shape index (κ2) is 18.9. The first kappa shape index (κ1) is 46.3. The summed E-state index contributed by atoms with van der Waals surface area (Å²) in [5, 5.41) is 18.2. The van der Waals surface area contributed by atoms with Gasteiger partial charge in [-0.1, -0.05) is 39.8 Å². The third-order valence-electron chi connectivity index (χ3n) is 12.0. The molecule has 3 saturated heterocycles. The van der Waals surface area contributed by atoms with E-state index in [1.165, 1.54) is 62.4 Å². The van der Waals surface area contributed by atoms with E-state index in [2.05, 4.69) is 15.4 Å². The van der Waals surface area contributed by atoms with Crippen molar-refractivity contribution in [2.45, 2.75) is 129 Å². The maximum absolute atomic E-state index is 14.8. The number of aromatic nitrogens is 3.